The lowest BCUT2D eigenvalue weighted by atomic mass is 9.98. The van der Waals surface area contributed by atoms with Crippen LogP contribution in [0.3, 0.4) is 0 Å². The van der Waals surface area contributed by atoms with E-state index in [1.807, 2.05) is 6.07 Å². The number of carbonyl (C=O) groups is 3. The molecule has 36 heavy (non-hydrogen) atoms. The van der Waals surface area contributed by atoms with Crippen molar-refractivity contribution < 1.29 is 23.5 Å². The number of carbonyl (C=O) groups excluding carboxylic acids is 3. The number of hydrogen-bond donors (Lipinski definition) is 2. The molecule has 0 fully saturated rings. The molecule has 0 saturated carbocycles. The molecule has 1 aromatic carbocycles. The maximum atomic E-state index is 13.2. The van der Waals surface area contributed by atoms with Crippen molar-refractivity contribution in [2.45, 2.75) is 19.0 Å². The van der Waals surface area contributed by atoms with Crippen LogP contribution in [0.4, 0.5) is 4.79 Å². The minimum absolute atomic E-state index is 0.0777. The molecule has 1 aliphatic heterocycles. The number of urea groups is 1. The lowest BCUT2D eigenvalue weighted by Crippen LogP contribution is -2.53. The first-order chi connectivity index (χ1) is 17.4. The molecule has 1 atom stereocenters. The predicted octanol–water partition coefficient (Wildman–Crippen LogP) is 2.62. The molecule has 1 aliphatic rings. The van der Waals surface area contributed by atoms with E-state index < -0.39 is 11.6 Å². The average Bonchev–Trinajstić information content (AvgIpc) is 3.45. The molecule has 0 radical (unpaired) electrons. The largest absolute Gasteiger partial charge is 0.497 e. The van der Waals surface area contributed by atoms with Gasteiger partial charge in [0.15, 0.2) is 5.58 Å². The van der Waals surface area contributed by atoms with Crippen molar-refractivity contribution in [3.63, 3.8) is 0 Å². The second kappa shape index (κ2) is 9.10. The van der Waals surface area contributed by atoms with Crippen molar-refractivity contribution in [1.29, 1.82) is 0 Å². The highest BCUT2D eigenvalue weighted by Gasteiger charge is 2.39. The summed E-state index contributed by atoms with van der Waals surface area (Å²) in [5.74, 6) is 0.750. The Morgan fingerprint density at radius 1 is 1.22 bits per heavy atom. The summed E-state index contributed by atoms with van der Waals surface area (Å²) in [4.78, 5) is 50.8. The molecule has 5 rings (SSSR count). The van der Waals surface area contributed by atoms with Crippen LogP contribution >= 0.6 is 0 Å². The highest BCUT2D eigenvalue weighted by Crippen LogP contribution is 2.33. The second-order valence-corrected chi connectivity index (χ2v) is 8.55. The van der Waals surface area contributed by atoms with Crippen LogP contribution in [0, 0.1) is 0 Å². The van der Waals surface area contributed by atoms with Gasteiger partial charge in [-0.25, -0.2) is 19.7 Å². The van der Waals surface area contributed by atoms with Gasteiger partial charge in [-0.15, -0.1) is 0 Å². The molecule has 4 amide bonds. The number of methoxy groups -OCH3 is 1. The molecule has 11 heteroatoms. The average molecular weight is 486 g/mol. The van der Waals surface area contributed by atoms with Gasteiger partial charge in [0.2, 0.25) is 6.41 Å². The van der Waals surface area contributed by atoms with Gasteiger partial charge in [-0.2, -0.15) is 0 Å². The summed E-state index contributed by atoms with van der Waals surface area (Å²) in [6.07, 6.45) is 5.03. The minimum Gasteiger partial charge on any atom is -0.497 e. The highest BCUT2D eigenvalue weighted by molar-refractivity contribution is 5.99. The summed E-state index contributed by atoms with van der Waals surface area (Å²) in [6, 6.07) is 9.87. The first-order valence-corrected chi connectivity index (χ1v) is 11.0. The number of imide groups is 1. The number of nitrogens with one attached hydrogen (secondary N) is 2. The van der Waals surface area contributed by atoms with Crippen molar-refractivity contribution in [1.82, 2.24) is 30.5 Å². The Morgan fingerprint density at radius 3 is 2.78 bits per heavy atom. The van der Waals surface area contributed by atoms with Crippen LogP contribution in [0.25, 0.3) is 22.4 Å². The van der Waals surface area contributed by atoms with Crippen LogP contribution in [-0.4, -0.2) is 51.9 Å². The van der Waals surface area contributed by atoms with Gasteiger partial charge in [-0.1, -0.05) is 6.07 Å². The third-order valence-electron chi connectivity index (χ3n) is 6.06. The zero-order chi connectivity index (χ0) is 25.3. The van der Waals surface area contributed by atoms with E-state index in [-0.39, 0.29) is 18.9 Å². The number of amides is 4. The fraction of sp³-hybridized carbons (Fsp3) is 0.200. The van der Waals surface area contributed by atoms with Crippen molar-refractivity contribution >= 4 is 29.4 Å². The van der Waals surface area contributed by atoms with Gasteiger partial charge in [0, 0.05) is 36.1 Å². The van der Waals surface area contributed by atoms with Crippen LogP contribution in [0.5, 0.6) is 5.75 Å². The van der Waals surface area contributed by atoms with Crippen molar-refractivity contribution in [3.05, 3.63) is 72.0 Å². The maximum absolute atomic E-state index is 13.2. The predicted molar refractivity (Wildman–Crippen MR) is 128 cm³/mol. The number of pyridine rings is 1. The molecular formula is C25H22N6O5. The standard InChI is InChI=1S/C25H22N6O5/c1-25(30-24(34)28-14-32,12-31-11-15-3-4-17(35-2)7-18(15)23(31)33)22-8-20-21(36-22)6-5-19(29-20)16-9-26-13-27-10-16/h3-10,13-14H,11-12H2,1-2H3,(H2,28,30,32,34)/t25-/m0/s1. The van der Waals surface area contributed by atoms with E-state index in [2.05, 4.69) is 25.6 Å². The van der Waals surface area contributed by atoms with E-state index in [1.165, 1.54) is 13.4 Å². The van der Waals surface area contributed by atoms with E-state index in [0.29, 0.717) is 40.4 Å². The Morgan fingerprint density at radius 2 is 2.03 bits per heavy atom. The topological polar surface area (TPSA) is 140 Å². The Balaban J connectivity index is 1.49. The van der Waals surface area contributed by atoms with Gasteiger partial charge in [0.05, 0.1) is 19.3 Å². The second-order valence-electron chi connectivity index (χ2n) is 8.55. The lowest BCUT2D eigenvalue weighted by molar-refractivity contribution is -0.108. The molecule has 3 aromatic heterocycles. The van der Waals surface area contributed by atoms with Crippen molar-refractivity contribution in [3.8, 4) is 17.0 Å². The molecular weight excluding hydrogens is 464 g/mol. The molecule has 0 aliphatic carbocycles. The van der Waals surface area contributed by atoms with E-state index in [4.69, 9.17) is 9.15 Å². The van der Waals surface area contributed by atoms with E-state index in [1.54, 1.807) is 54.5 Å². The molecule has 4 aromatic rings. The van der Waals surface area contributed by atoms with Crippen LogP contribution in [-0.2, 0) is 16.9 Å². The van der Waals surface area contributed by atoms with Crippen LogP contribution in [0.2, 0.25) is 0 Å². The summed E-state index contributed by atoms with van der Waals surface area (Å²) in [6.45, 7) is 2.15. The smallest absolute Gasteiger partial charge is 0.322 e. The fourth-order valence-electron chi connectivity index (χ4n) is 4.28. The quantitative estimate of drug-likeness (QED) is 0.380. The normalized spacial score (nSPS) is 14.3. The number of ether oxygens (including phenoxy) is 1. The van der Waals surface area contributed by atoms with Crippen molar-refractivity contribution in [2.75, 3.05) is 13.7 Å². The number of hydrogen-bond acceptors (Lipinski definition) is 8. The molecule has 0 bridgehead atoms. The summed E-state index contributed by atoms with van der Waals surface area (Å²) in [7, 11) is 1.54. The first-order valence-electron chi connectivity index (χ1n) is 11.0. The maximum Gasteiger partial charge on any atom is 0.322 e. The number of rotatable bonds is 7. The fourth-order valence-corrected chi connectivity index (χ4v) is 4.28. The number of furan rings is 1. The summed E-state index contributed by atoms with van der Waals surface area (Å²) in [5, 5.41) is 4.86. The van der Waals surface area contributed by atoms with Crippen molar-refractivity contribution in [2.24, 2.45) is 0 Å². The summed E-state index contributed by atoms with van der Waals surface area (Å²) in [5.41, 5.74) is 2.64. The summed E-state index contributed by atoms with van der Waals surface area (Å²) >= 11 is 0. The molecule has 11 nitrogen and oxygen atoms in total. The Bertz CT molecular complexity index is 1470. The lowest BCUT2D eigenvalue weighted by Gasteiger charge is -2.32. The van der Waals surface area contributed by atoms with E-state index >= 15 is 0 Å². The number of fused-ring (bicyclic) bond motifs is 2. The molecule has 4 heterocycles. The molecule has 182 valence electrons. The van der Waals surface area contributed by atoms with Gasteiger partial charge in [-0.05, 0) is 36.8 Å². The van der Waals surface area contributed by atoms with E-state index in [0.717, 1.165) is 11.1 Å². The first kappa shape index (κ1) is 23.0. The number of benzene rings is 1. The van der Waals surface area contributed by atoms with Crippen LogP contribution < -0.4 is 15.4 Å². The Kier molecular flexibility index (Phi) is 5.80. The molecule has 0 spiro atoms. The number of nitrogens with zero attached hydrogens (tertiary/aromatic N) is 4. The molecule has 0 unspecified atom stereocenters. The van der Waals surface area contributed by atoms with Gasteiger partial charge < -0.3 is 19.4 Å². The van der Waals surface area contributed by atoms with Crippen LogP contribution in [0.1, 0.15) is 28.6 Å². The minimum atomic E-state index is -1.19. The Hall–Kier alpha value is -4.80. The van der Waals surface area contributed by atoms with Gasteiger partial charge in [-0.3, -0.25) is 14.9 Å². The summed E-state index contributed by atoms with van der Waals surface area (Å²) < 4.78 is 11.3. The van der Waals surface area contributed by atoms with Gasteiger partial charge in [0.1, 0.15) is 28.9 Å². The molecule has 2 N–H and O–H groups in total. The number of aromatic nitrogens is 3. The SMILES string of the molecule is COc1ccc2c(c1)C(=O)N(C[C@](C)(NC(=O)NC=O)c1cc3nc(-c4cncnc4)ccc3o1)C2. The third kappa shape index (κ3) is 4.22. The highest BCUT2D eigenvalue weighted by atomic mass is 16.5. The monoisotopic (exact) mass is 486 g/mol. The van der Waals surface area contributed by atoms with Crippen LogP contribution in [0.15, 0.2) is 59.5 Å². The molecule has 0 saturated heterocycles. The van der Waals surface area contributed by atoms with Gasteiger partial charge in [0.25, 0.3) is 5.91 Å². The zero-order valence-corrected chi connectivity index (χ0v) is 19.5. The van der Waals surface area contributed by atoms with Gasteiger partial charge >= 0.3 is 6.03 Å². The van der Waals surface area contributed by atoms with E-state index in [9.17, 15) is 14.4 Å². The Labute approximate surface area is 205 Å². The third-order valence-corrected chi connectivity index (χ3v) is 6.06. The zero-order valence-electron chi connectivity index (χ0n) is 19.5.